The average molecular weight is 387 g/mol. The van der Waals surface area contributed by atoms with E-state index >= 15 is 0 Å². The van der Waals surface area contributed by atoms with Gasteiger partial charge in [0.15, 0.2) is 6.23 Å². The normalized spacial score (nSPS) is 16.4. The summed E-state index contributed by atoms with van der Waals surface area (Å²) in [6, 6.07) is 15.0. The van der Waals surface area contributed by atoms with Crippen molar-refractivity contribution in [1.82, 2.24) is 9.55 Å². The van der Waals surface area contributed by atoms with Crippen LogP contribution in [0.5, 0.6) is 0 Å². The predicted octanol–water partition coefficient (Wildman–Crippen LogP) is 4.14. The first-order valence-electron chi connectivity index (χ1n) is 8.06. The molecule has 0 spiro atoms. The third-order valence-corrected chi connectivity index (χ3v) is 5.15. The molecule has 4 rings (SSSR count). The van der Waals surface area contributed by atoms with Gasteiger partial charge in [-0.2, -0.15) is 0 Å². The molecule has 0 aliphatic carbocycles. The van der Waals surface area contributed by atoms with E-state index in [-0.39, 0.29) is 6.54 Å². The van der Waals surface area contributed by atoms with Crippen LogP contribution in [0, 0.1) is 0 Å². The summed E-state index contributed by atoms with van der Waals surface area (Å²) >= 11 is 12.1. The molecule has 132 valence electrons. The lowest BCUT2D eigenvalue weighted by atomic mass is 10.0. The summed E-state index contributed by atoms with van der Waals surface area (Å²) in [5.41, 5.74) is 9.88. The molecular weight excluding hydrogens is 371 g/mol. The highest BCUT2D eigenvalue weighted by molar-refractivity contribution is 6.42. The van der Waals surface area contributed by atoms with Crippen LogP contribution in [0.1, 0.15) is 11.8 Å². The van der Waals surface area contributed by atoms with E-state index < -0.39 is 6.23 Å². The van der Waals surface area contributed by atoms with Crippen molar-refractivity contribution in [3.8, 4) is 11.3 Å². The molecule has 2 heterocycles. The van der Waals surface area contributed by atoms with Crippen molar-refractivity contribution in [2.45, 2.75) is 6.23 Å². The fraction of sp³-hybridized carbons (Fsp3) is 0.105. The highest BCUT2D eigenvalue weighted by Gasteiger charge is 2.29. The quantitative estimate of drug-likeness (QED) is 0.631. The fourth-order valence-electron chi connectivity index (χ4n) is 3.12. The van der Waals surface area contributed by atoms with E-state index in [1.807, 2.05) is 36.4 Å². The average Bonchev–Trinajstić information content (AvgIpc) is 3.09. The molecule has 2 aromatic carbocycles. The summed E-state index contributed by atoms with van der Waals surface area (Å²) in [5, 5.41) is 15.2. The van der Waals surface area contributed by atoms with Gasteiger partial charge in [-0.1, -0.05) is 59.6 Å². The van der Waals surface area contributed by atoms with Crippen molar-refractivity contribution >= 4 is 34.8 Å². The largest absolute Gasteiger partial charge is 0.369 e. The van der Waals surface area contributed by atoms with Gasteiger partial charge in [0.05, 0.1) is 27.6 Å². The minimum atomic E-state index is -0.932. The molecule has 0 amide bonds. The first-order chi connectivity index (χ1) is 12.6. The van der Waals surface area contributed by atoms with Crippen molar-refractivity contribution in [2.75, 3.05) is 11.9 Å². The third-order valence-electron chi connectivity index (χ3n) is 4.41. The molecule has 7 heteroatoms. The van der Waals surface area contributed by atoms with Gasteiger partial charge < -0.3 is 16.2 Å². The van der Waals surface area contributed by atoms with Crippen LogP contribution in [0.15, 0.2) is 60.3 Å². The van der Waals surface area contributed by atoms with E-state index in [2.05, 4.69) is 10.3 Å². The van der Waals surface area contributed by atoms with Crippen LogP contribution < -0.4 is 11.1 Å². The smallest absolute Gasteiger partial charge is 0.210 e. The summed E-state index contributed by atoms with van der Waals surface area (Å²) in [6.45, 7) is 0.205. The first-order valence-corrected chi connectivity index (χ1v) is 8.82. The Morgan fingerprint density at radius 2 is 1.85 bits per heavy atom. The Labute approximate surface area is 160 Å². The van der Waals surface area contributed by atoms with E-state index in [1.165, 1.54) is 0 Å². The molecule has 1 aromatic heterocycles. The molecule has 1 aliphatic rings. The van der Waals surface area contributed by atoms with Gasteiger partial charge in [0, 0.05) is 17.7 Å². The molecule has 26 heavy (non-hydrogen) atoms. The SMILES string of the molecule is NCC1=C(c2ccccc2)Nc2ncc(-c3ccc(Cl)c(Cl)c3)n2C1O. The van der Waals surface area contributed by atoms with Crippen molar-refractivity contribution in [1.29, 1.82) is 0 Å². The topological polar surface area (TPSA) is 76.1 Å². The number of aliphatic hydroxyl groups excluding tert-OH is 1. The molecule has 0 fully saturated rings. The minimum absolute atomic E-state index is 0.205. The Hall–Kier alpha value is -2.31. The zero-order valence-corrected chi connectivity index (χ0v) is 15.2. The highest BCUT2D eigenvalue weighted by Crippen LogP contribution is 2.38. The molecule has 3 aromatic rings. The van der Waals surface area contributed by atoms with Crippen LogP contribution in [-0.4, -0.2) is 21.2 Å². The zero-order valence-electron chi connectivity index (χ0n) is 13.7. The van der Waals surface area contributed by atoms with Crippen LogP contribution in [0.2, 0.25) is 10.0 Å². The fourth-order valence-corrected chi connectivity index (χ4v) is 3.41. The maximum atomic E-state index is 11.0. The van der Waals surface area contributed by atoms with Crippen molar-refractivity contribution < 1.29 is 5.11 Å². The van der Waals surface area contributed by atoms with Gasteiger partial charge in [-0.05, 0) is 17.7 Å². The summed E-state index contributed by atoms with van der Waals surface area (Å²) in [7, 11) is 0. The Bertz CT molecular complexity index is 998. The monoisotopic (exact) mass is 386 g/mol. The molecule has 4 N–H and O–H groups in total. The van der Waals surface area contributed by atoms with E-state index in [9.17, 15) is 5.11 Å². The molecule has 1 atom stereocenters. The number of benzene rings is 2. The summed E-state index contributed by atoms with van der Waals surface area (Å²) in [4.78, 5) is 4.42. The van der Waals surface area contributed by atoms with Crippen molar-refractivity contribution in [3.63, 3.8) is 0 Å². The third kappa shape index (κ3) is 2.79. The van der Waals surface area contributed by atoms with Crippen LogP contribution in [0.3, 0.4) is 0 Å². The molecule has 0 saturated heterocycles. The van der Waals surface area contributed by atoms with Crippen molar-refractivity contribution in [2.24, 2.45) is 5.73 Å². The number of hydrogen-bond acceptors (Lipinski definition) is 4. The lowest BCUT2D eigenvalue weighted by molar-refractivity contribution is 0.143. The van der Waals surface area contributed by atoms with E-state index in [4.69, 9.17) is 28.9 Å². The standard InChI is InChI=1S/C19H16Cl2N4O/c20-14-7-6-12(8-15(14)21)16-10-23-19-24-17(11-4-2-1-3-5-11)13(9-22)18(26)25(16)19/h1-8,10,18,26H,9,22H2,(H,23,24). The molecule has 1 aliphatic heterocycles. The number of rotatable bonds is 3. The van der Waals surface area contributed by atoms with Gasteiger partial charge in [-0.3, -0.25) is 4.57 Å². The van der Waals surface area contributed by atoms with Gasteiger partial charge in [0.2, 0.25) is 5.95 Å². The summed E-state index contributed by atoms with van der Waals surface area (Å²) in [6.07, 6.45) is 0.756. The molecular formula is C19H16Cl2N4O. The number of anilines is 1. The lowest BCUT2D eigenvalue weighted by Gasteiger charge is -2.29. The van der Waals surface area contributed by atoms with Gasteiger partial charge in [0.25, 0.3) is 0 Å². The van der Waals surface area contributed by atoms with Crippen LogP contribution in [-0.2, 0) is 0 Å². The van der Waals surface area contributed by atoms with Crippen LogP contribution in [0.4, 0.5) is 5.95 Å². The van der Waals surface area contributed by atoms with Gasteiger partial charge in [-0.15, -0.1) is 0 Å². The van der Waals surface area contributed by atoms with E-state index in [0.717, 1.165) is 22.5 Å². The molecule has 0 bridgehead atoms. The number of aliphatic hydroxyl groups is 1. The van der Waals surface area contributed by atoms with Crippen molar-refractivity contribution in [3.05, 3.63) is 75.9 Å². The van der Waals surface area contributed by atoms with E-state index in [1.54, 1.807) is 22.9 Å². The van der Waals surface area contributed by atoms with Gasteiger partial charge in [-0.25, -0.2) is 4.98 Å². The Morgan fingerprint density at radius 1 is 1.08 bits per heavy atom. The Kier molecular flexibility index (Phi) is 4.46. The highest BCUT2D eigenvalue weighted by atomic mass is 35.5. The summed E-state index contributed by atoms with van der Waals surface area (Å²) < 4.78 is 1.70. The molecule has 5 nitrogen and oxygen atoms in total. The number of nitrogens with two attached hydrogens (primary N) is 1. The zero-order chi connectivity index (χ0) is 18.3. The number of nitrogens with zero attached hydrogens (tertiary/aromatic N) is 2. The number of hydrogen-bond donors (Lipinski definition) is 3. The summed E-state index contributed by atoms with van der Waals surface area (Å²) in [5.74, 6) is 0.537. The van der Waals surface area contributed by atoms with E-state index in [0.29, 0.717) is 21.6 Å². The number of nitrogens with one attached hydrogen (secondary N) is 1. The van der Waals surface area contributed by atoms with Crippen LogP contribution in [0.25, 0.3) is 17.0 Å². The maximum Gasteiger partial charge on any atom is 0.210 e. The Balaban J connectivity index is 1.82. The van der Waals surface area contributed by atoms with Crippen LogP contribution >= 0.6 is 23.2 Å². The number of imidazole rings is 1. The second-order valence-electron chi connectivity index (χ2n) is 5.93. The molecule has 0 radical (unpaired) electrons. The lowest BCUT2D eigenvalue weighted by Crippen LogP contribution is -2.27. The number of aromatic nitrogens is 2. The minimum Gasteiger partial charge on any atom is -0.369 e. The Morgan fingerprint density at radius 3 is 2.54 bits per heavy atom. The first kappa shape index (κ1) is 17.1. The number of halogens is 2. The molecule has 1 unspecified atom stereocenters. The molecule has 0 saturated carbocycles. The second kappa shape index (κ2) is 6.78. The van der Waals surface area contributed by atoms with Gasteiger partial charge >= 0.3 is 0 Å². The second-order valence-corrected chi connectivity index (χ2v) is 6.75. The maximum absolute atomic E-state index is 11.0. The van der Waals surface area contributed by atoms with Gasteiger partial charge in [0.1, 0.15) is 0 Å². The number of fused-ring (bicyclic) bond motifs is 1. The predicted molar refractivity (Wildman–Crippen MR) is 105 cm³/mol.